The van der Waals surface area contributed by atoms with Crippen molar-refractivity contribution in [1.29, 1.82) is 0 Å². The molecule has 1 saturated heterocycles. The first-order chi connectivity index (χ1) is 16.7. The van der Waals surface area contributed by atoms with Crippen molar-refractivity contribution in [3.05, 3.63) is 87.5 Å². The Morgan fingerprint density at radius 3 is 2.57 bits per heavy atom. The van der Waals surface area contributed by atoms with Crippen LogP contribution in [0, 0.1) is 0 Å². The van der Waals surface area contributed by atoms with Crippen LogP contribution < -0.4 is 10.2 Å². The number of carbonyl (C=O) groups excluding carboxylic acids is 1. The Labute approximate surface area is 215 Å². The van der Waals surface area contributed by atoms with Crippen molar-refractivity contribution in [3.8, 4) is 0 Å². The van der Waals surface area contributed by atoms with E-state index in [1.807, 2.05) is 54.7 Å². The lowest BCUT2D eigenvalue weighted by Crippen LogP contribution is -2.47. The number of anilines is 2. The van der Waals surface area contributed by atoms with Crippen molar-refractivity contribution in [2.24, 2.45) is 4.99 Å². The first-order valence-corrected chi connectivity index (χ1v) is 12.4. The Bertz CT molecular complexity index is 1310. The number of hydrogen-bond donors (Lipinski definition) is 1. The van der Waals surface area contributed by atoms with E-state index in [1.54, 1.807) is 6.07 Å². The van der Waals surface area contributed by atoms with Crippen LogP contribution in [0.25, 0.3) is 0 Å². The Morgan fingerprint density at radius 2 is 1.89 bits per heavy atom. The molecular formula is C27H27Cl2N5O. The van der Waals surface area contributed by atoms with Gasteiger partial charge in [0.15, 0.2) is 0 Å². The lowest BCUT2D eigenvalue weighted by Gasteiger charge is -2.36. The Kier molecular flexibility index (Phi) is 6.30. The number of likely N-dealkylation sites (N-methyl/N-ethyl adjacent to an activating group) is 1. The normalized spacial score (nSPS) is 19.7. The largest absolute Gasteiger partial charge is 0.337 e. The number of aromatic nitrogens is 1. The Hall–Kier alpha value is -2.93. The molecule has 1 fully saturated rings. The summed E-state index contributed by atoms with van der Waals surface area (Å²) in [5.41, 5.74) is 3.69. The number of nitrogens with zero attached hydrogens (tertiary/aromatic N) is 4. The molecule has 1 aromatic heterocycles. The second kappa shape index (κ2) is 9.26. The van der Waals surface area contributed by atoms with E-state index in [1.165, 1.54) is 0 Å². The van der Waals surface area contributed by atoms with Crippen LogP contribution in [0.5, 0.6) is 0 Å². The Morgan fingerprint density at radius 1 is 1.09 bits per heavy atom. The quantitative estimate of drug-likeness (QED) is 0.521. The number of pyridine rings is 1. The summed E-state index contributed by atoms with van der Waals surface area (Å²) in [6.45, 7) is 6.28. The van der Waals surface area contributed by atoms with E-state index < -0.39 is 6.04 Å². The highest BCUT2D eigenvalue weighted by Crippen LogP contribution is 2.31. The van der Waals surface area contributed by atoms with Crippen molar-refractivity contribution < 1.29 is 4.79 Å². The SMILES string of the molecule is CN1CCN(c2ccc(C3=NC(Cc4ccccc4Cl)C(=O)Nc4ccc(Cl)cc43)cn2)C1(C)C. The standard InChI is InChI=1S/C27H27Cl2N5O/c1-27(2)33(3)12-13-34(27)24-11-8-18(16-30-24)25-20-15-19(28)9-10-22(20)32-26(35)23(31-25)14-17-6-4-5-7-21(17)29/h4-11,15-16,23H,12-14H2,1-3H3,(H,32,35). The van der Waals surface area contributed by atoms with Crippen LogP contribution in [0.15, 0.2) is 65.8 Å². The van der Waals surface area contributed by atoms with Gasteiger partial charge in [-0.3, -0.25) is 14.7 Å². The summed E-state index contributed by atoms with van der Waals surface area (Å²) >= 11 is 12.7. The molecule has 35 heavy (non-hydrogen) atoms. The van der Waals surface area contributed by atoms with Gasteiger partial charge >= 0.3 is 0 Å². The zero-order chi connectivity index (χ0) is 24.7. The average Bonchev–Trinajstić information content (AvgIpc) is 3.02. The van der Waals surface area contributed by atoms with Crippen LogP contribution in [-0.2, 0) is 11.2 Å². The first kappa shape index (κ1) is 23.8. The highest BCUT2D eigenvalue weighted by molar-refractivity contribution is 6.32. The minimum Gasteiger partial charge on any atom is -0.337 e. The third-order valence-electron chi connectivity index (χ3n) is 7.00. The summed E-state index contributed by atoms with van der Waals surface area (Å²) in [6.07, 6.45) is 2.21. The van der Waals surface area contributed by atoms with Crippen LogP contribution in [0.3, 0.4) is 0 Å². The van der Waals surface area contributed by atoms with Gasteiger partial charge in [-0.15, -0.1) is 0 Å². The second-order valence-electron chi connectivity index (χ2n) is 9.44. The molecule has 2 aliphatic heterocycles. The molecule has 2 aliphatic rings. The van der Waals surface area contributed by atoms with Gasteiger partial charge in [0, 0.05) is 46.9 Å². The number of carbonyl (C=O) groups is 1. The van der Waals surface area contributed by atoms with Gasteiger partial charge in [0.1, 0.15) is 11.9 Å². The predicted molar refractivity (Wildman–Crippen MR) is 143 cm³/mol. The van der Waals surface area contributed by atoms with Gasteiger partial charge in [0.05, 0.1) is 17.1 Å². The molecule has 0 radical (unpaired) electrons. The van der Waals surface area contributed by atoms with Crippen molar-refractivity contribution in [2.45, 2.75) is 32.0 Å². The molecule has 0 saturated carbocycles. The molecule has 0 spiro atoms. The summed E-state index contributed by atoms with van der Waals surface area (Å²) in [4.78, 5) is 27.5. The fourth-order valence-electron chi connectivity index (χ4n) is 4.65. The zero-order valence-electron chi connectivity index (χ0n) is 19.9. The number of hydrogen-bond acceptors (Lipinski definition) is 5. The highest BCUT2D eigenvalue weighted by atomic mass is 35.5. The van der Waals surface area contributed by atoms with E-state index in [2.05, 4.69) is 36.0 Å². The van der Waals surface area contributed by atoms with E-state index in [4.69, 9.17) is 33.2 Å². The highest BCUT2D eigenvalue weighted by Gasteiger charge is 2.37. The number of aliphatic imine (C=N–C) groups is 1. The van der Waals surface area contributed by atoms with Gasteiger partial charge < -0.3 is 10.2 Å². The minimum absolute atomic E-state index is 0.120. The number of nitrogens with one attached hydrogen (secondary N) is 1. The van der Waals surface area contributed by atoms with Gasteiger partial charge in [-0.25, -0.2) is 4.98 Å². The van der Waals surface area contributed by atoms with E-state index >= 15 is 0 Å². The molecule has 3 heterocycles. The maximum Gasteiger partial charge on any atom is 0.249 e. The smallest absolute Gasteiger partial charge is 0.249 e. The monoisotopic (exact) mass is 507 g/mol. The number of benzodiazepines with no additional fused rings is 1. The van der Waals surface area contributed by atoms with Crippen molar-refractivity contribution in [1.82, 2.24) is 9.88 Å². The van der Waals surface area contributed by atoms with E-state index in [9.17, 15) is 4.79 Å². The fraction of sp³-hybridized carbons (Fsp3) is 0.296. The Balaban J connectivity index is 1.55. The van der Waals surface area contributed by atoms with Gasteiger partial charge in [-0.05, 0) is 62.9 Å². The molecule has 6 nitrogen and oxygen atoms in total. The molecule has 8 heteroatoms. The van der Waals surface area contributed by atoms with Gasteiger partial charge in [-0.1, -0.05) is 41.4 Å². The third kappa shape index (κ3) is 4.54. The number of fused-ring (bicyclic) bond motifs is 1. The van der Waals surface area contributed by atoms with Crippen LogP contribution in [0.4, 0.5) is 11.5 Å². The van der Waals surface area contributed by atoms with E-state index in [0.29, 0.717) is 27.9 Å². The van der Waals surface area contributed by atoms with Crippen molar-refractivity contribution in [2.75, 3.05) is 30.4 Å². The maximum absolute atomic E-state index is 13.2. The first-order valence-electron chi connectivity index (χ1n) is 11.6. The topological polar surface area (TPSA) is 60.8 Å². The summed E-state index contributed by atoms with van der Waals surface area (Å²) in [5.74, 6) is 0.723. The number of amides is 1. The molecule has 1 N–H and O–H groups in total. The summed E-state index contributed by atoms with van der Waals surface area (Å²) in [6, 6.07) is 16.3. The maximum atomic E-state index is 13.2. The molecule has 180 valence electrons. The molecule has 2 aromatic carbocycles. The lowest BCUT2D eigenvalue weighted by atomic mass is 10.0. The van der Waals surface area contributed by atoms with Gasteiger partial charge in [-0.2, -0.15) is 0 Å². The molecule has 5 rings (SSSR count). The number of halogens is 2. The van der Waals surface area contributed by atoms with Gasteiger partial charge in [0.2, 0.25) is 5.91 Å². The summed E-state index contributed by atoms with van der Waals surface area (Å²) < 4.78 is 0. The van der Waals surface area contributed by atoms with E-state index in [0.717, 1.165) is 35.6 Å². The zero-order valence-corrected chi connectivity index (χ0v) is 21.4. The molecule has 1 amide bonds. The number of benzene rings is 2. The average molecular weight is 508 g/mol. The lowest BCUT2D eigenvalue weighted by molar-refractivity contribution is -0.117. The molecular weight excluding hydrogens is 481 g/mol. The molecule has 3 aromatic rings. The predicted octanol–water partition coefficient (Wildman–Crippen LogP) is 5.28. The van der Waals surface area contributed by atoms with Crippen LogP contribution >= 0.6 is 23.2 Å². The van der Waals surface area contributed by atoms with E-state index in [-0.39, 0.29) is 11.6 Å². The number of rotatable bonds is 4. The second-order valence-corrected chi connectivity index (χ2v) is 10.3. The van der Waals surface area contributed by atoms with Crippen molar-refractivity contribution >= 4 is 46.3 Å². The molecule has 0 bridgehead atoms. The van der Waals surface area contributed by atoms with Crippen LogP contribution in [-0.4, -0.2) is 53.3 Å². The van der Waals surface area contributed by atoms with Crippen LogP contribution in [0.1, 0.15) is 30.5 Å². The molecule has 1 atom stereocenters. The summed E-state index contributed by atoms with van der Waals surface area (Å²) in [7, 11) is 2.12. The molecule has 1 unspecified atom stereocenters. The third-order valence-corrected chi connectivity index (χ3v) is 7.61. The van der Waals surface area contributed by atoms with Gasteiger partial charge in [0.25, 0.3) is 0 Å². The van der Waals surface area contributed by atoms with Crippen molar-refractivity contribution in [3.63, 3.8) is 0 Å². The minimum atomic E-state index is -0.651. The fourth-order valence-corrected chi connectivity index (χ4v) is 5.03. The summed E-state index contributed by atoms with van der Waals surface area (Å²) in [5, 5.41) is 4.21. The molecule has 0 aliphatic carbocycles. The van der Waals surface area contributed by atoms with Crippen LogP contribution in [0.2, 0.25) is 10.0 Å².